The molecule has 1 amide bonds. The van der Waals surface area contributed by atoms with Gasteiger partial charge in [0.05, 0.1) is 17.4 Å². The van der Waals surface area contributed by atoms with Crippen molar-refractivity contribution in [1.29, 1.82) is 5.26 Å². The zero-order valence-electron chi connectivity index (χ0n) is 14.5. The Hall–Kier alpha value is -2.73. The SMILES string of the molecule is N#Cc1ncc(N2C(=O)C3(CCC3)N(c3ccccc3)C2S)cc1C(F)(F)F. The van der Waals surface area contributed by atoms with E-state index in [0.29, 0.717) is 12.8 Å². The minimum Gasteiger partial charge on any atom is -0.328 e. The molecule has 1 saturated heterocycles. The molecule has 1 aromatic heterocycles. The third-order valence-electron chi connectivity index (χ3n) is 5.32. The number of carbonyl (C=O) groups is 1. The van der Waals surface area contributed by atoms with Crippen molar-refractivity contribution in [3.8, 4) is 6.07 Å². The Kier molecular flexibility index (Phi) is 4.27. The molecule has 1 aromatic carbocycles. The molecule has 1 spiro atoms. The number of hydrogen-bond acceptors (Lipinski definition) is 5. The summed E-state index contributed by atoms with van der Waals surface area (Å²) in [5.41, 5.74) is -2.75. The number of amides is 1. The molecule has 0 radical (unpaired) electrons. The molecule has 2 fully saturated rings. The van der Waals surface area contributed by atoms with Gasteiger partial charge in [0.2, 0.25) is 0 Å². The van der Waals surface area contributed by atoms with Crippen LogP contribution in [-0.4, -0.2) is 21.9 Å². The van der Waals surface area contributed by atoms with Gasteiger partial charge in [0.25, 0.3) is 5.91 Å². The summed E-state index contributed by atoms with van der Waals surface area (Å²) in [6.45, 7) is 0. The fourth-order valence-corrected chi connectivity index (χ4v) is 4.44. The Morgan fingerprint density at radius 3 is 2.43 bits per heavy atom. The van der Waals surface area contributed by atoms with Crippen LogP contribution in [0.15, 0.2) is 42.6 Å². The van der Waals surface area contributed by atoms with Crippen LogP contribution >= 0.6 is 12.6 Å². The zero-order chi connectivity index (χ0) is 20.1. The fraction of sp³-hybridized carbons (Fsp3) is 0.316. The van der Waals surface area contributed by atoms with Crippen LogP contribution in [0.25, 0.3) is 0 Å². The van der Waals surface area contributed by atoms with Gasteiger partial charge in [-0.1, -0.05) is 18.2 Å². The first-order chi connectivity index (χ1) is 13.3. The zero-order valence-corrected chi connectivity index (χ0v) is 15.4. The number of halogens is 3. The van der Waals surface area contributed by atoms with Gasteiger partial charge < -0.3 is 4.90 Å². The van der Waals surface area contributed by atoms with E-state index in [1.807, 2.05) is 35.2 Å². The third kappa shape index (κ3) is 2.63. The molecule has 5 nitrogen and oxygen atoms in total. The molecule has 1 saturated carbocycles. The number of pyridine rings is 1. The summed E-state index contributed by atoms with van der Waals surface area (Å²) in [6, 6.07) is 11.5. The molecule has 0 N–H and O–H groups in total. The largest absolute Gasteiger partial charge is 0.419 e. The molecule has 9 heteroatoms. The maximum Gasteiger partial charge on any atom is 0.419 e. The van der Waals surface area contributed by atoms with Crippen molar-refractivity contribution in [3.63, 3.8) is 0 Å². The number of thiol groups is 1. The summed E-state index contributed by atoms with van der Waals surface area (Å²) in [5, 5.41) is 8.95. The summed E-state index contributed by atoms with van der Waals surface area (Å²) in [6.07, 6.45) is -1.58. The van der Waals surface area contributed by atoms with Crippen LogP contribution < -0.4 is 9.80 Å². The third-order valence-corrected chi connectivity index (χ3v) is 5.78. The Bertz CT molecular complexity index is 969. The normalized spacial score (nSPS) is 21.0. The van der Waals surface area contributed by atoms with Gasteiger partial charge in [-0.2, -0.15) is 18.4 Å². The van der Waals surface area contributed by atoms with Crippen LogP contribution in [0.3, 0.4) is 0 Å². The predicted molar refractivity (Wildman–Crippen MR) is 99.7 cm³/mol. The molecule has 144 valence electrons. The Balaban J connectivity index is 1.81. The van der Waals surface area contributed by atoms with E-state index in [-0.39, 0.29) is 11.6 Å². The number of nitriles is 1. The highest BCUT2D eigenvalue weighted by molar-refractivity contribution is 7.81. The number of anilines is 2. The number of nitrogens with zero attached hydrogens (tertiary/aromatic N) is 4. The molecular weight excluding hydrogens is 389 g/mol. The first-order valence-corrected chi connectivity index (χ1v) is 9.15. The summed E-state index contributed by atoms with van der Waals surface area (Å²) >= 11 is 4.58. The Labute approximate surface area is 164 Å². The van der Waals surface area contributed by atoms with Gasteiger partial charge in [-0.15, -0.1) is 12.6 Å². The number of hydrogen-bond donors (Lipinski definition) is 1. The van der Waals surface area contributed by atoms with Crippen LogP contribution in [0.4, 0.5) is 24.5 Å². The van der Waals surface area contributed by atoms with Gasteiger partial charge in [-0.3, -0.25) is 9.69 Å². The minimum atomic E-state index is -4.75. The van der Waals surface area contributed by atoms with E-state index in [1.54, 1.807) is 0 Å². The summed E-state index contributed by atoms with van der Waals surface area (Å²) in [4.78, 5) is 20.0. The van der Waals surface area contributed by atoms with Gasteiger partial charge in [-0.05, 0) is 37.5 Å². The van der Waals surface area contributed by atoms with E-state index >= 15 is 0 Å². The van der Waals surface area contributed by atoms with E-state index in [4.69, 9.17) is 5.26 Å². The van der Waals surface area contributed by atoms with Crippen LogP contribution in [0.2, 0.25) is 0 Å². The highest BCUT2D eigenvalue weighted by Gasteiger charge is 2.60. The predicted octanol–water partition coefficient (Wildman–Crippen LogP) is 3.96. The lowest BCUT2D eigenvalue weighted by Gasteiger charge is -2.44. The lowest BCUT2D eigenvalue weighted by atomic mass is 9.75. The number of benzene rings is 1. The first-order valence-electron chi connectivity index (χ1n) is 8.63. The van der Waals surface area contributed by atoms with Gasteiger partial charge >= 0.3 is 6.18 Å². The maximum atomic E-state index is 13.3. The monoisotopic (exact) mass is 404 g/mol. The van der Waals surface area contributed by atoms with Crippen molar-refractivity contribution < 1.29 is 18.0 Å². The number of aromatic nitrogens is 1. The van der Waals surface area contributed by atoms with Crippen molar-refractivity contribution in [2.75, 3.05) is 9.80 Å². The standard InChI is InChI=1S/C19H15F3N4OS/c20-19(21,22)14-9-13(11-24-15(14)10-23)25-16(27)18(7-4-8-18)26(17(25)28)12-5-2-1-3-6-12/h1-3,5-6,9,11,17,28H,4,7-8H2. The van der Waals surface area contributed by atoms with E-state index in [0.717, 1.165) is 24.4 Å². The van der Waals surface area contributed by atoms with Gasteiger partial charge in [0.15, 0.2) is 11.2 Å². The van der Waals surface area contributed by atoms with E-state index in [1.165, 1.54) is 11.0 Å². The van der Waals surface area contributed by atoms with Crippen LogP contribution in [0, 0.1) is 11.3 Å². The van der Waals surface area contributed by atoms with Crippen molar-refractivity contribution in [1.82, 2.24) is 4.98 Å². The van der Waals surface area contributed by atoms with Gasteiger partial charge in [0, 0.05) is 5.69 Å². The molecule has 28 heavy (non-hydrogen) atoms. The fourth-order valence-electron chi connectivity index (χ4n) is 3.85. The number of para-hydroxylation sites is 1. The molecule has 0 bridgehead atoms. The van der Waals surface area contributed by atoms with Crippen LogP contribution in [0.5, 0.6) is 0 Å². The average molecular weight is 404 g/mol. The van der Waals surface area contributed by atoms with Crippen LogP contribution in [-0.2, 0) is 11.0 Å². The second-order valence-electron chi connectivity index (χ2n) is 6.81. The lowest BCUT2D eigenvalue weighted by Crippen LogP contribution is -2.55. The minimum absolute atomic E-state index is 0.0268. The molecule has 4 rings (SSSR count). The Morgan fingerprint density at radius 2 is 1.89 bits per heavy atom. The summed E-state index contributed by atoms with van der Waals surface area (Å²) in [7, 11) is 0. The van der Waals surface area contributed by atoms with Gasteiger partial charge in [-0.25, -0.2) is 4.98 Å². The second kappa shape index (κ2) is 6.41. The number of alkyl halides is 3. The van der Waals surface area contributed by atoms with Crippen molar-refractivity contribution in [3.05, 3.63) is 53.9 Å². The van der Waals surface area contributed by atoms with Gasteiger partial charge in [0.1, 0.15) is 11.6 Å². The van der Waals surface area contributed by atoms with Crippen molar-refractivity contribution in [2.45, 2.75) is 36.5 Å². The molecule has 1 unspecified atom stereocenters. The lowest BCUT2D eigenvalue weighted by molar-refractivity contribution is -0.138. The van der Waals surface area contributed by atoms with E-state index in [2.05, 4.69) is 17.6 Å². The highest BCUT2D eigenvalue weighted by Crippen LogP contribution is 2.50. The molecule has 2 aromatic rings. The molecule has 2 aliphatic rings. The first kappa shape index (κ1) is 18.6. The number of rotatable bonds is 2. The molecular formula is C19H15F3N4OS. The average Bonchev–Trinajstić information content (AvgIpc) is 2.88. The Morgan fingerprint density at radius 1 is 1.21 bits per heavy atom. The quantitative estimate of drug-likeness (QED) is 0.770. The molecule has 1 aliphatic carbocycles. The smallest absolute Gasteiger partial charge is 0.328 e. The van der Waals surface area contributed by atoms with E-state index < -0.39 is 28.5 Å². The highest BCUT2D eigenvalue weighted by atomic mass is 32.1. The molecule has 1 atom stereocenters. The van der Waals surface area contributed by atoms with Crippen molar-refractivity contribution in [2.24, 2.45) is 0 Å². The van der Waals surface area contributed by atoms with E-state index in [9.17, 15) is 18.0 Å². The summed E-state index contributed by atoms with van der Waals surface area (Å²) < 4.78 is 40.0. The number of carbonyl (C=O) groups excluding carboxylic acids is 1. The molecule has 2 heterocycles. The van der Waals surface area contributed by atoms with Crippen molar-refractivity contribution >= 4 is 29.9 Å². The maximum absolute atomic E-state index is 13.3. The molecule has 1 aliphatic heterocycles. The second-order valence-corrected chi connectivity index (χ2v) is 7.27. The van der Waals surface area contributed by atoms with Crippen LogP contribution in [0.1, 0.15) is 30.5 Å². The topological polar surface area (TPSA) is 60.2 Å². The summed E-state index contributed by atoms with van der Waals surface area (Å²) in [5.74, 6) is -0.303.